The van der Waals surface area contributed by atoms with Crippen LogP contribution in [-0.2, 0) is 0 Å². The second-order valence-corrected chi connectivity index (χ2v) is 12.4. The molecule has 9 rings (SSSR count). The highest BCUT2D eigenvalue weighted by Gasteiger charge is 2.17. The van der Waals surface area contributed by atoms with Crippen LogP contribution >= 0.6 is 0 Å². The molecule has 2 heteroatoms. The molecule has 0 spiro atoms. The van der Waals surface area contributed by atoms with E-state index in [4.69, 9.17) is 0 Å². The van der Waals surface area contributed by atoms with E-state index in [1.54, 1.807) is 17.0 Å². The van der Waals surface area contributed by atoms with Gasteiger partial charge in [-0.1, -0.05) is 152 Å². The Hall–Kier alpha value is -6.90. The molecular formula is C50H36N2. The summed E-state index contributed by atoms with van der Waals surface area (Å²) in [7, 11) is 0. The van der Waals surface area contributed by atoms with Crippen molar-refractivity contribution in [3.63, 3.8) is 0 Å². The molecule has 0 radical (unpaired) electrons. The molecular weight excluding hydrogens is 629 g/mol. The third-order valence-corrected chi connectivity index (χ3v) is 9.15. The van der Waals surface area contributed by atoms with Crippen molar-refractivity contribution in [1.29, 1.82) is 0 Å². The monoisotopic (exact) mass is 672 g/mol. The van der Waals surface area contributed by atoms with Crippen LogP contribution in [0.5, 0.6) is 0 Å². The summed E-state index contributed by atoms with van der Waals surface area (Å²) in [5.41, 5.74) is 3.89. The van der Waals surface area contributed by atoms with Crippen LogP contribution in [0, 0.1) is 0 Å². The Bertz CT molecular complexity index is 2970. The van der Waals surface area contributed by atoms with Crippen LogP contribution in [0.1, 0.15) is 11.0 Å². The molecule has 0 aromatic heterocycles. The van der Waals surface area contributed by atoms with Crippen molar-refractivity contribution in [2.45, 2.75) is 0 Å². The highest BCUT2D eigenvalue weighted by atomic mass is 15.1. The van der Waals surface area contributed by atoms with Crippen LogP contribution in [0.25, 0.3) is 43.8 Å². The van der Waals surface area contributed by atoms with Crippen LogP contribution < -0.4 is 9.80 Å². The molecule has 0 heterocycles. The minimum atomic E-state index is -0.469. The Morgan fingerprint density at radius 2 is 0.692 bits per heavy atom. The topological polar surface area (TPSA) is 6.48 Å². The second kappa shape index (κ2) is 13.8. The molecule has 0 bridgehead atoms. The maximum Gasteiger partial charge on any atom is 0.0645 e. The average molecular weight is 673 g/mol. The molecule has 0 saturated heterocycles. The molecule has 9 aromatic rings. The number of hydrogen-bond donors (Lipinski definition) is 0. The first kappa shape index (κ1) is 23.5. The zero-order chi connectivity index (χ0) is 41.7. The number of benzene rings is 9. The predicted octanol–water partition coefficient (Wildman–Crippen LogP) is 14.3. The number of nitrogens with zero attached hydrogens (tertiary/aromatic N) is 2. The van der Waals surface area contributed by atoms with Gasteiger partial charge >= 0.3 is 0 Å². The fourth-order valence-electron chi connectivity index (χ4n) is 6.69. The normalized spacial score (nSPS) is 13.2. The average Bonchev–Trinajstić information content (AvgIpc) is 3.29. The third kappa shape index (κ3) is 5.97. The van der Waals surface area contributed by atoms with Crippen molar-refractivity contribution in [2.75, 3.05) is 9.80 Å². The van der Waals surface area contributed by atoms with Crippen LogP contribution in [0.15, 0.2) is 218 Å². The number of para-hydroxylation sites is 3. The lowest BCUT2D eigenvalue weighted by molar-refractivity contribution is 1.28. The number of anilines is 6. The lowest BCUT2D eigenvalue weighted by Crippen LogP contribution is -2.10. The SMILES string of the molecule is [2H]c1c([2H])c(-c2c([2H])c([2H])c(N(c3ccccc3)c3ccccc3)c([2H])c2[2H])c([2H])c([2H])c1-c1ccc(N(c2ccccc2)c2cc3ccccc3c3ccccc23)cc1. The highest BCUT2D eigenvalue weighted by Crippen LogP contribution is 2.42. The Balaban J connectivity index is 1.16. The van der Waals surface area contributed by atoms with Gasteiger partial charge in [-0.3, -0.25) is 0 Å². The van der Waals surface area contributed by atoms with E-state index in [0.29, 0.717) is 16.9 Å². The summed E-state index contributed by atoms with van der Waals surface area (Å²) in [6, 6.07) is 51.1. The zero-order valence-corrected chi connectivity index (χ0v) is 28.1. The molecule has 0 aliphatic heterocycles. The van der Waals surface area contributed by atoms with Crippen molar-refractivity contribution in [1.82, 2.24) is 0 Å². The standard InChI is InChI=1S/C50H36N2/c1-4-15-42(16-5-1)51(43-17-6-2-7-18-43)45-32-28-39(29-33-45)37-24-26-38(27-25-37)40-30-34-46(35-31-40)52(44-19-8-3-9-20-44)50-36-41-14-10-11-21-47(41)48-22-12-13-23-49(48)50/h1-36H/i24D,25D,26D,27D,28D,29D,32D,33D. The van der Waals surface area contributed by atoms with Crippen LogP contribution in [0.2, 0.25) is 0 Å². The molecule has 0 aliphatic carbocycles. The molecule has 0 saturated carbocycles. The molecule has 0 unspecified atom stereocenters. The van der Waals surface area contributed by atoms with Gasteiger partial charge in [0.15, 0.2) is 0 Å². The van der Waals surface area contributed by atoms with Gasteiger partial charge in [0.05, 0.1) is 16.7 Å². The van der Waals surface area contributed by atoms with Crippen molar-refractivity contribution in [3.05, 3.63) is 218 Å². The third-order valence-electron chi connectivity index (χ3n) is 9.15. The molecule has 0 N–H and O–H groups in total. The summed E-state index contributed by atoms with van der Waals surface area (Å²) in [5, 5.41) is 4.42. The smallest absolute Gasteiger partial charge is 0.0645 e. The fourth-order valence-corrected chi connectivity index (χ4v) is 6.69. The Morgan fingerprint density at radius 3 is 1.25 bits per heavy atom. The lowest BCUT2D eigenvalue weighted by Gasteiger charge is -2.27. The molecule has 2 nitrogen and oxygen atoms in total. The zero-order valence-electron chi connectivity index (χ0n) is 36.1. The van der Waals surface area contributed by atoms with E-state index < -0.39 is 24.2 Å². The second-order valence-electron chi connectivity index (χ2n) is 12.4. The van der Waals surface area contributed by atoms with Gasteiger partial charge in [0.25, 0.3) is 0 Å². The summed E-state index contributed by atoms with van der Waals surface area (Å²) in [6.45, 7) is 0. The molecule has 0 atom stereocenters. The minimum Gasteiger partial charge on any atom is -0.311 e. The van der Waals surface area contributed by atoms with Crippen molar-refractivity contribution in [3.8, 4) is 22.3 Å². The summed E-state index contributed by atoms with van der Waals surface area (Å²) >= 11 is 0. The molecule has 9 aromatic carbocycles. The summed E-state index contributed by atoms with van der Waals surface area (Å²) in [5.74, 6) is 0. The van der Waals surface area contributed by atoms with E-state index in [1.165, 1.54) is 0 Å². The van der Waals surface area contributed by atoms with E-state index in [9.17, 15) is 11.0 Å². The maximum absolute atomic E-state index is 9.19. The van der Waals surface area contributed by atoms with Gasteiger partial charge in [-0.2, -0.15) is 0 Å². The van der Waals surface area contributed by atoms with Crippen LogP contribution in [0.4, 0.5) is 34.1 Å². The van der Waals surface area contributed by atoms with E-state index in [2.05, 4.69) is 35.2 Å². The first-order chi connectivity index (χ1) is 29.2. The largest absolute Gasteiger partial charge is 0.311 e. The van der Waals surface area contributed by atoms with Crippen LogP contribution in [-0.4, -0.2) is 0 Å². The van der Waals surface area contributed by atoms with Gasteiger partial charge in [0.2, 0.25) is 0 Å². The minimum absolute atomic E-state index is 0.000603. The fraction of sp³-hybridized carbons (Fsp3) is 0. The summed E-state index contributed by atoms with van der Waals surface area (Å²) in [6.07, 6.45) is 0. The Morgan fingerprint density at radius 1 is 0.288 bits per heavy atom. The summed E-state index contributed by atoms with van der Waals surface area (Å²) < 4.78 is 73.5. The van der Waals surface area contributed by atoms with E-state index >= 15 is 0 Å². The van der Waals surface area contributed by atoms with Gasteiger partial charge in [-0.25, -0.2) is 0 Å². The quantitative estimate of drug-likeness (QED) is 0.148. The van der Waals surface area contributed by atoms with Gasteiger partial charge in [-0.05, 0) is 105 Å². The van der Waals surface area contributed by atoms with Crippen molar-refractivity contribution >= 4 is 55.7 Å². The number of fused-ring (bicyclic) bond motifs is 3. The predicted molar refractivity (Wildman–Crippen MR) is 222 cm³/mol. The van der Waals surface area contributed by atoms with E-state index in [0.717, 1.165) is 38.6 Å². The molecule has 0 aliphatic rings. The molecule has 0 amide bonds. The molecule has 52 heavy (non-hydrogen) atoms. The summed E-state index contributed by atoms with van der Waals surface area (Å²) in [4.78, 5) is 3.81. The van der Waals surface area contributed by atoms with Crippen molar-refractivity contribution < 1.29 is 11.0 Å². The van der Waals surface area contributed by atoms with Crippen molar-refractivity contribution in [2.24, 2.45) is 0 Å². The maximum atomic E-state index is 9.19. The van der Waals surface area contributed by atoms with Gasteiger partial charge < -0.3 is 9.80 Å². The Kier molecular flexibility index (Phi) is 6.23. The Labute approximate surface area is 316 Å². The van der Waals surface area contributed by atoms with E-state index in [-0.39, 0.29) is 46.5 Å². The highest BCUT2D eigenvalue weighted by molar-refractivity contribution is 6.14. The van der Waals surface area contributed by atoms with Gasteiger partial charge in [-0.15, -0.1) is 0 Å². The number of hydrogen-bond acceptors (Lipinski definition) is 2. The lowest BCUT2D eigenvalue weighted by atomic mass is 9.98. The first-order valence-electron chi connectivity index (χ1n) is 21.1. The van der Waals surface area contributed by atoms with Gasteiger partial charge in [0.1, 0.15) is 0 Å². The molecule has 0 fully saturated rings. The van der Waals surface area contributed by atoms with Gasteiger partial charge in [0, 0.05) is 33.8 Å². The number of rotatable bonds is 8. The first-order valence-corrected chi connectivity index (χ1v) is 17.1. The van der Waals surface area contributed by atoms with Crippen LogP contribution in [0.3, 0.4) is 0 Å². The van der Waals surface area contributed by atoms with E-state index in [1.807, 2.05) is 127 Å². The molecule has 246 valence electrons.